The molecular weight excluding hydrogens is 240 g/mol. The number of carbonyl (C=O) groups is 1. The zero-order chi connectivity index (χ0) is 14.5. The van der Waals surface area contributed by atoms with Crippen LogP contribution in [0.15, 0.2) is 0 Å². The third kappa shape index (κ3) is 5.91. The van der Waals surface area contributed by atoms with E-state index in [0.717, 1.165) is 32.1 Å². The summed E-state index contributed by atoms with van der Waals surface area (Å²) in [6.07, 6.45) is 6.28. The first kappa shape index (κ1) is 16.4. The first-order valence-corrected chi connectivity index (χ1v) is 7.44. The fourth-order valence-electron chi connectivity index (χ4n) is 2.99. The van der Waals surface area contributed by atoms with Crippen LogP contribution in [-0.4, -0.2) is 29.2 Å². The molecule has 0 aromatic heterocycles. The van der Waals surface area contributed by atoms with Crippen molar-refractivity contribution in [3.8, 4) is 0 Å². The Hall–Kier alpha value is -0.610. The maximum atomic E-state index is 12.1. The lowest BCUT2D eigenvalue weighted by Gasteiger charge is -2.37. The number of aliphatic hydroxyl groups excluding tert-OH is 1. The predicted molar refractivity (Wildman–Crippen MR) is 77.7 cm³/mol. The monoisotopic (exact) mass is 270 g/mol. The highest BCUT2D eigenvalue weighted by Crippen LogP contribution is 2.28. The van der Waals surface area contributed by atoms with E-state index in [9.17, 15) is 9.90 Å². The molecule has 1 unspecified atom stereocenters. The lowest BCUT2D eigenvalue weighted by Crippen LogP contribution is -2.53. The Kier molecular flexibility index (Phi) is 5.81. The van der Waals surface area contributed by atoms with Gasteiger partial charge in [0.05, 0.1) is 12.1 Å². The van der Waals surface area contributed by atoms with Crippen LogP contribution in [0.5, 0.6) is 0 Å². The Bertz CT molecular complexity index is 291. The zero-order valence-corrected chi connectivity index (χ0v) is 12.7. The largest absolute Gasteiger partial charge is 0.394 e. The minimum absolute atomic E-state index is 0.0206. The van der Waals surface area contributed by atoms with Crippen LogP contribution in [-0.2, 0) is 4.79 Å². The summed E-state index contributed by atoms with van der Waals surface area (Å²) in [6.45, 7) is 6.41. The SMILES string of the molecule is CC(C)(C)CC(N)CC(=O)NC1(CO)CCCCC1. The van der Waals surface area contributed by atoms with Crippen molar-refractivity contribution in [3.05, 3.63) is 0 Å². The zero-order valence-electron chi connectivity index (χ0n) is 12.7. The van der Waals surface area contributed by atoms with Gasteiger partial charge in [0.2, 0.25) is 5.91 Å². The smallest absolute Gasteiger partial charge is 0.222 e. The van der Waals surface area contributed by atoms with E-state index in [0.29, 0.717) is 6.42 Å². The fraction of sp³-hybridized carbons (Fsp3) is 0.933. The van der Waals surface area contributed by atoms with Crippen LogP contribution < -0.4 is 11.1 Å². The van der Waals surface area contributed by atoms with Crippen LogP contribution in [0.1, 0.15) is 65.7 Å². The average Bonchev–Trinajstić information content (AvgIpc) is 2.27. The topological polar surface area (TPSA) is 75.4 Å². The summed E-state index contributed by atoms with van der Waals surface area (Å²) in [4.78, 5) is 12.1. The highest BCUT2D eigenvalue weighted by molar-refractivity contribution is 5.77. The second-order valence-electron chi connectivity index (χ2n) is 7.28. The van der Waals surface area contributed by atoms with Crippen molar-refractivity contribution in [2.24, 2.45) is 11.1 Å². The van der Waals surface area contributed by atoms with Gasteiger partial charge in [-0.1, -0.05) is 40.0 Å². The van der Waals surface area contributed by atoms with Crippen molar-refractivity contribution in [3.63, 3.8) is 0 Å². The summed E-state index contributed by atoms with van der Waals surface area (Å²) in [7, 11) is 0. The second-order valence-corrected chi connectivity index (χ2v) is 7.28. The van der Waals surface area contributed by atoms with E-state index in [1.807, 2.05) is 0 Å². The summed E-state index contributed by atoms with van der Waals surface area (Å²) in [5.74, 6) is -0.0206. The summed E-state index contributed by atoms with van der Waals surface area (Å²) in [5, 5.41) is 12.6. The molecule has 19 heavy (non-hydrogen) atoms. The van der Waals surface area contributed by atoms with Gasteiger partial charge >= 0.3 is 0 Å². The quantitative estimate of drug-likeness (QED) is 0.715. The van der Waals surface area contributed by atoms with Gasteiger partial charge in [-0.05, 0) is 24.7 Å². The molecule has 1 fully saturated rings. The van der Waals surface area contributed by atoms with Crippen LogP contribution in [0.3, 0.4) is 0 Å². The summed E-state index contributed by atoms with van der Waals surface area (Å²) in [6, 6.07) is -0.112. The third-order valence-electron chi connectivity index (χ3n) is 3.84. The standard InChI is InChI=1S/C15H30N2O2/c1-14(2,3)10-12(16)9-13(19)17-15(11-18)7-5-4-6-8-15/h12,18H,4-11,16H2,1-3H3,(H,17,19). The van der Waals surface area contributed by atoms with Crippen molar-refractivity contribution < 1.29 is 9.90 Å². The summed E-state index contributed by atoms with van der Waals surface area (Å²) < 4.78 is 0. The van der Waals surface area contributed by atoms with E-state index in [1.54, 1.807) is 0 Å². The summed E-state index contributed by atoms with van der Waals surface area (Å²) in [5.41, 5.74) is 5.77. The lowest BCUT2D eigenvalue weighted by atomic mass is 9.82. The van der Waals surface area contributed by atoms with Crippen molar-refractivity contribution in [2.45, 2.75) is 77.3 Å². The maximum absolute atomic E-state index is 12.1. The first-order chi connectivity index (χ1) is 8.76. The van der Waals surface area contributed by atoms with E-state index in [-0.39, 0.29) is 24.0 Å². The average molecular weight is 270 g/mol. The van der Waals surface area contributed by atoms with Crippen LogP contribution in [0, 0.1) is 5.41 Å². The molecule has 4 N–H and O–H groups in total. The first-order valence-electron chi connectivity index (χ1n) is 7.44. The molecule has 0 heterocycles. The van der Waals surface area contributed by atoms with Gasteiger partial charge in [-0.15, -0.1) is 0 Å². The maximum Gasteiger partial charge on any atom is 0.222 e. The molecule has 1 rings (SSSR count). The second kappa shape index (κ2) is 6.71. The number of rotatable bonds is 5. The highest BCUT2D eigenvalue weighted by atomic mass is 16.3. The molecule has 112 valence electrons. The number of amides is 1. The van der Waals surface area contributed by atoms with Gasteiger partial charge < -0.3 is 16.2 Å². The number of aliphatic hydroxyl groups is 1. The molecule has 0 spiro atoms. The van der Waals surface area contributed by atoms with Gasteiger partial charge in [0, 0.05) is 12.5 Å². The Morgan fingerprint density at radius 2 is 1.89 bits per heavy atom. The van der Waals surface area contributed by atoms with Crippen molar-refractivity contribution in [2.75, 3.05) is 6.61 Å². The number of hydrogen-bond donors (Lipinski definition) is 3. The van der Waals surface area contributed by atoms with Gasteiger partial charge in [0.15, 0.2) is 0 Å². The summed E-state index contributed by atoms with van der Waals surface area (Å²) >= 11 is 0. The molecule has 1 saturated carbocycles. The van der Waals surface area contributed by atoms with E-state index in [4.69, 9.17) is 5.73 Å². The lowest BCUT2D eigenvalue weighted by molar-refractivity contribution is -0.124. The molecule has 0 aromatic carbocycles. The number of hydrogen-bond acceptors (Lipinski definition) is 3. The minimum Gasteiger partial charge on any atom is -0.394 e. The molecule has 1 aliphatic rings. The Morgan fingerprint density at radius 1 is 1.32 bits per heavy atom. The predicted octanol–water partition coefficient (Wildman–Crippen LogP) is 1.95. The molecule has 4 nitrogen and oxygen atoms in total. The van der Waals surface area contributed by atoms with Crippen molar-refractivity contribution in [1.29, 1.82) is 0 Å². The van der Waals surface area contributed by atoms with Crippen LogP contribution in [0.2, 0.25) is 0 Å². The Morgan fingerprint density at radius 3 is 2.37 bits per heavy atom. The van der Waals surface area contributed by atoms with Crippen LogP contribution in [0.25, 0.3) is 0 Å². The van der Waals surface area contributed by atoms with Crippen molar-refractivity contribution >= 4 is 5.91 Å². The Balaban J connectivity index is 2.45. The normalized spacial score (nSPS) is 20.9. The van der Waals surface area contributed by atoms with E-state index < -0.39 is 5.54 Å². The fourth-order valence-corrected chi connectivity index (χ4v) is 2.99. The van der Waals surface area contributed by atoms with E-state index in [2.05, 4.69) is 26.1 Å². The Labute approximate surface area is 117 Å². The molecular formula is C15H30N2O2. The molecule has 4 heteroatoms. The third-order valence-corrected chi connectivity index (χ3v) is 3.84. The molecule has 1 atom stereocenters. The van der Waals surface area contributed by atoms with Crippen LogP contribution >= 0.6 is 0 Å². The van der Waals surface area contributed by atoms with Gasteiger partial charge in [0.25, 0.3) is 0 Å². The molecule has 1 amide bonds. The molecule has 0 aromatic rings. The van der Waals surface area contributed by atoms with Gasteiger partial charge in [0.1, 0.15) is 0 Å². The van der Waals surface area contributed by atoms with Crippen molar-refractivity contribution in [1.82, 2.24) is 5.32 Å². The molecule has 0 saturated heterocycles. The number of nitrogens with one attached hydrogen (secondary N) is 1. The van der Waals surface area contributed by atoms with Gasteiger partial charge in [-0.25, -0.2) is 0 Å². The van der Waals surface area contributed by atoms with E-state index in [1.165, 1.54) is 6.42 Å². The van der Waals surface area contributed by atoms with E-state index >= 15 is 0 Å². The minimum atomic E-state index is -0.392. The number of carbonyl (C=O) groups excluding carboxylic acids is 1. The number of nitrogens with two attached hydrogens (primary N) is 1. The molecule has 0 radical (unpaired) electrons. The highest BCUT2D eigenvalue weighted by Gasteiger charge is 2.33. The molecule has 0 aliphatic heterocycles. The van der Waals surface area contributed by atoms with Crippen LogP contribution in [0.4, 0.5) is 0 Å². The molecule has 1 aliphatic carbocycles. The molecule has 0 bridgehead atoms. The van der Waals surface area contributed by atoms with Gasteiger partial charge in [-0.3, -0.25) is 4.79 Å². The van der Waals surface area contributed by atoms with Gasteiger partial charge in [-0.2, -0.15) is 0 Å².